The number of aromatic nitrogens is 1. The lowest BCUT2D eigenvalue weighted by atomic mass is 10.0. The van der Waals surface area contributed by atoms with Crippen molar-refractivity contribution in [1.82, 2.24) is 26.3 Å². The Bertz CT molecular complexity index is 1470. The van der Waals surface area contributed by atoms with Crippen LogP contribution in [0.4, 0.5) is 0 Å². The summed E-state index contributed by atoms with van der Waals surface area (Å²) in [6.45, 7) is 4.61. The second-order valence-electron chi connectivity index (χ2n) is 11.1. The number of hydrogen-bond donors (Lipinski definition) is 8. The Balaban J connectivity index is 1.60. The van der Waals surface area contributed by atoms with E-state index in [9.17, 15) is 34.2 Å². The fourth-order valence-corrected chi connectivity index (χ4v) is 4.63. The van der Waals surface area contributed by atoms with Gasteiger partial charge in [-0.05, 0) is 55.0 Å². The number of phenols is 1. The molecule has 3 rings (SSSR count). The van der Waals surface area contributed by atoms with Crippen LogP contribution in [0.1, 0.15) is 38.3 Å². The molecule has 3 aromatic rings. The monoisotopic (exact) mass is 608 g/mol. The maximum atomic E-state index is 13.3. The minimum atomic E-state index is -1.18. The summed E-state index contributed by atoms with van der Waals surface area (Å²) in [5.74, 6) is -3.68. The molecule has 4 atom stereocenters. The van der Waals surface area contributed by atoms with Crippen LogP contribution in [-0.2, 0) is 36.8 Å². The van der Waals surface area contributed by atoms with Crippen LogP contribution < -0.4 is 27.0 Å². The Morgan fingerprint density at radius 3 is 2.18 bits per heavy atom. The molecule has 0 unspecified atom stereocenters. The second kappa shape index (κ2) is 15.5. The van der Waals surface area contributed by atoms with E-state index in [1.54, 1.807) is 18.3 Å². The maximum Gasteiger partial charge on any atom is 0.326 e. The normalized spacial score (nSPS) is 13.8. The van der Waals surface area contributed by atoms with Crippen molar-refractivity contribution in [2.75, 3.05) is 6.54 Å². The van der Waals surface area contributed by atoms with Gasteiger partial charge < -0.3 is 42.2 Å². The topological polar surface area (TPSA) is 216 Å². The number of amides is 4. The minimum Gasteiger partial charge on any atom is -0.508 e. The lowest BCUT2D eigenvalue weighted by Crippen LogP contribution is -2.55. The lowest BCUT2D eigenvalue weighted by Gasteiger charge is -2.23. The van der Waals surface area contributed by atoms with E-state index in [4.69, 9.17) is 5.73 Å². The molecule has 0 aliphatic heterocycles. The first-order valence-electron chi connectivity index (χ1n) is 14.3. The van der Waals surface area contributed by atoms with Crippen molar-refractivity contribution in [1.29, 1.82) is 0 Å². The Morgan fingerprint density at radius 1 is 0.841 bits per heavy atom. The number of phenolic OH excluding ortho intramolecular Hbond substituents is 1. The number of carbonyl (C=O) groups excluding carboxylic acids is 4. The largest absolute Gasteiger partial charge is 0.508 e. The van der Waals surface area contributed by atoms with Crippen LogP contribution in [0.2, 0.25) is 0 Å². The molecular weight excluding hydrogens is 568 g/mol. The van der Waals surface area contributed by atoms with Gasteiger partial charge in [-0.15, -0.1) is 0 Å². The van der Waals surface area contributed by atoms with Gasteiger partial charge in [-0.2, -0.15) is 0 Å². The van der Waals surface area contributed by atoms with E-state index in [2.05, 4.69) is 26.3 Å². The summed E-state index contributed by atoms with van der Waals surface area (Å²) in [7, 11) is 0. The third kappa shape index (κ3) is 9.83. The molecule has 2 aromatic carbocycles. The summed E-state index contributed by atoms with van der Waals surface area (Å²) in [6.07, 6.45) is 2.17. The molecule has 0 aliphatic rings. The molecule has 1 heterocycles. The van der Waals surface area contributed by atoms with Gasteiger partial charge in [0.1, 0.15) is 23.9 Å². The zero-order valence-corrected chi connectivity index (χ0v) is 24.9. The predicted molar refractivity (Wildman–Crippen MR) is 163 cm³/mol. The Kier molecular flexibility index (Phi) is 11.9. The predicted octanol–water partition coefficient (Wildman–Crippen LogP) is 0.707. The minimum absolute atomic E-state index is 0.00175. The van der Waals surface area contributed by atoms with Crippen molar-refractivity contribution in [2.24, 2.45) is 11.7 Å². The zero-order chi connectivity index (χ0) is 32.4. The average Bonchev–Trinajstić information content (AvgIpc) is 3.38. The van der Waals surface area contributed by atoms with Crippen LogP contribution >= 0.6 is 0 Å². The Morgan fingerprint density at radius 2 is 1.52 bits per heavy atom. The highest BCUT2D eigenvalue weighted by molar-refractivity contribution is 5.94. The highest BCUT2D eigenvalue weighted by Gasteiger charge is 2.28. The molecule has 9 N–H and O–H groups in total. The van der Waals surface area contributed by atoms with E-state index in [1.807, 2.05) is 38.1 Å². The van der Waals surface area contributed by atoms with Crippen LogP contribution in [0.25, 0.3) is 10.9 Å². The number of carboxylic acid groups (broad SMARTS) is 1. The fraction of sp³-hybridized carbons (Fsp3) is 0.387. The van der Waals surface area contributed by atoms with Gasteiger partial charge in [-0.1, -0.05) is 44.2 Å². The molecule has 13 heteroatoms. The SMILES string of the molecule is CC(C)C[C@H](NC(=O)[C@H](Cc1c[nH]c2ccccc12)NC(=O)CNC(=O)[C@@H](C)NC(=O)[C@@H](N)Cc1ccc(O)cc1)C(=O)O. The smallest absolute Gasteiger partial charge is 0.326 e. The van der Waals surface area contributed by atoms with Gasteiger partial charge in [0.05, 0.1) is 12.6 Å². The zero-order valence-electron chi connectivity index (χ0n) is 24.9. The number of rotatable bonds is 15. The van der Waals surface area contributed by atoms with Crippen LogP contribution in [0.3, 0.4) is 0 Å². The Hall–Kier alpha value is -4.91. The fourth-order valence-electron chi connectivity index (χ4n) is 4.63. The first kappa shape index (κ1) is 33.6. The molecule has 0 radical (unpaired) electrons. The van der Waals surface area contributed by atoms with Crippen molar-refractivity contribution < 1.29 is 34.2 Å². The molecule has 236 valence electrons. The molecule has 0 aliphatic carbocycles. The van der Waals surface area contributed by atoms with Gasteiger partial charge in [0.2, 0.25) is 23.6 Å². The van der Waals surface area contributed by atoms with Crippen molar-refractivity contribution >= 4 is 40.5 Å². The van der Waals surface area contributed by atoms with Gasteiger partial charge in [-0.25, -0.2) is 4.79 Å². The number of carbonyl (C=O) groups is 5. The third-order valence-electron chi connectivity index (χ3n) is 6.98. The van der Waals surface area contributed by atoms with Crippen LogP contribution in [-0.4, -0.2) is 75.5 Å². The lowest BCUT2D eigenvalue weighted by molar-refractivity contribution is -0.142. The number of hydrogen-bond acceptors (Lipinski definition) is 7. The number of nitrogens with one attached hydrogen (secondary N) is 5. The third-order valence-corrected chi connectivity index (χ3v) is 6.98. The van der Waals surface area contributed by atoms with E-state index in [1.165, 1.54) is 19.1 Å². The van der Waals surface area contributed by atoms with Crippen molar-refractivity contribution in [3.05, 3.63) is 65.9 Å². The number of aliphatic carboxylic acids is 1. The molecule has 44 heavy (non-hydrogen) atoms. The van der Waals surface area contributed by atoms with Gasteiger partial charge in [0.25, 0.3) is 0 Å². The van der Waals surface area contributed by atoms with Crippen molar-refractivity contribution in [2.45, 2.75) is 64.2 Å². The standard InChI is InChI=1S/C31H40N6O7/c1-17(2)12-26(31(43)44)37-30(42)25(14-20-15-33-24-7-5-4-6-22(20)24)36-27(39)16-34-28(40)18(3)35-29(41)23(32)13-19-8-10-21(38)11-9-19/h4-11,15,17-18,23,25-26,33,38H,12-14,16,32H2,1-3H3,(H,34,40)(H,35,41)(H,36,39)(H,37,42)(H,43,44)/t18-,23+,25+,26+/m1/s1. The van der Waals surface area contributed by atoms with E-state index in [0.29, 0.717) is 0 Å². The maximum absolute atomic E-state index is 13.3. The van der Waals surface area contributed by atoms with E-state index < -0.39 is 60.3 Å². The number of para-hydroxylation sites is 1. The van der Waals surface area contributed by atoms with Gasteiger partial charge >= 0.3 is 5.97 Å². The highest BCUT2D eigenvalue weighted by Crippen LogP contribution is 2.19. The van der Waals surface area contributed by atoms with Crippen molar-refractivity contribution in [3.8, 4) is 5.75 Å². The second-order valence-corrected chi connectivity index (χ2v) is 11.1. The summed E-state index contributed by atoms with van der Waals surface area (Å²) in [4.78, 5) is 66.1. The first-order chi connectivity index (χ1) is 20.8. The first-order valence-corrected chi connectivity index (χ1v) is 14.3. The molecule has 4 amide bonds. The van der Waals surface area contributed by atoms with E-state index in [-0.39, 0.29) is 30.9 Å². The highest BCUT2D eigenvalue weighted by atomic mass is 16.4. The molecule has 0 spiro atoms. The van der Waals surface area contributed by atoms with E-state index in [0.717, 1.165) is 22.0 Å². The summed E-state index contributed by atoms with van der Waals surface area (Å²) in [5.41, 5.74) is 8.26. The average molecular weight is 609 g/mol. The molecule has 13 nitrogen and oxygen atoms in total. The molecule has 0 saturated heterocycles. The Labute approximate surface area is 255 Å². The van der Waals surface area contributed by atoms with Gasteiger partial charge in [-0.3, -0.25) is 19.2 Å². The number of fused-ring (bicyclic) bond motifs is 1. The quantitative estimate of drug-likeness (QED) is 0.123. The molecule has 1 aromatic heterocycles. The summed E-state index contributed by atoms with van der Waals surface area (Å²) in [6, 6.07) is 9.40. The number of aromatic amines is 1. The molecule has 0 bridgehead atoms. The van der Waals surface area contributed by atoms with Gasteiger partial charge in [0.15, 0.2) is 0 Å². The number of H-pyrrole nitrogens is 1. The molecular formula is C31H40N6O7. The van der Waals surface area contributed by atoms with Crippen molar-refractivity contribution in [3.63, 3.8) is 0 Å². The molecule has 0 fully saturated rings. The number of aromatic hydroxyl groups is 1. The van der Waals surface area contributed by atoms with Crippen LogP contribution in [0.15, 0.2) is 54.7 Å². The summed E-state index contributed by atoms with van der Waals surface area (Å²) in [5, 5.41) is 29.9. The number of nitrogens with two attached hydrogens (primary N) is 1. The molecule has 0 saturated carbocycles. The number of benzene rings is 2. The summed E-state index contributed by atoms with van der Waals surface area (Å²) >= 11 is 0. The van der Waals surface area contributed by atoms with E-state index >= 15 is 0 Å². The van der Waals surface area contributed by atoms with Crippen LogP contribution in [0, 0.1) is 5.92 Å². The van der Waals surface area contributed by atoms with Crippen LogP contribution in [0.5, 0.6) is 5.75 Å². The number of carboxylic acids is 1. The summed E-state index contributed by atoms with van der Waals surface area (Å²) < 4.78 is 0. The van der Waals surface area contributed by atoms with Gasteiger partial charge in [0, 0.05) is 23.5 Å².